The Morgan fingerprint density at radius 1 is 0.947 bits per heavy atom. The molecule has 10 heteroatoms. The van der Waals surface area contributed by atoms with Gasteiger partial charge < -0.3 is 10.2 Å². The van der Waals surface area contributed by atoms with Crippen molar-refractivity contribution in [2.45, 2.75) is 32.9 Å². The number of amides is 2. The lowest BCUT2D eigenvalue weighted by Crippen LogP contribution is -2.53. The van der Waals surface area contributed by atoms with Crippen LogP contribution in [-0.4, -0.2) is 50.5 Å². The lowest BCUT2D eigenvalue weighted by molar-refractivity contribution is -0.140. The van der Waals surface area contributed by atoms with E-state index < -0.39 is 28.5 Å². The van der Waals surface area contributed by atoms with Crippen LogP contribution in [0.25, 0.3) is 0 Å². The summed E-state index contributed by atoms with van der Waals surface area (Å²) in [5.74, 6) is -0.876. The molecule has 3 aromatic rings. The third kappa shape index (κ3) is 7.72. The summed E-state index contributed by atoms with van der Waals surface area (Å²) in [4.78, 5) is 28.7. The molecule has 0 saturated carbocycles. The SMILES string of the molecule is CCNC(=O)C(Cc1ccccc1)N(Cc1cccc(Cl)c1)C(=O)CN(c1cccc(Cl)c1C)S(C)(=O)=O. The smallest absolute Gasteiger partial charge is 0.244 e. The van der Waals surface area contributed by atoms with Crippen LogP contribution in [0, 0.1) is 6.92 Å². The zero-order valence-corrected chi connectivity index (χ0v) is 23.9. The van der Waals surface area contributed by atoms with Crippen LogP contribution >= 0.6 is 23.2 Å². The first kappa shape index (κ1) is 29.5. The van der Waals surface area contributed by atoms with Gasteiger partial charge in [0.2, 0.25) is 21.8 Å². The number of nitrogens with one attached hydrogen (secondary N) is 1. The van der Waals surface area contributed by atoms with Crippen molar-refractivity contribution < 1.29 is 18.0 Å². The van der Waals surface area contributed by atoms with E-state index in [4.69, 9.17) is 23.2 Å². The van der Waals surface area contributed by atoms with Gasteiger partial charge in [-0.05, 0) is 54.8 Å². The van der Waals surface area contributed by atoms with Crippen molar-refractivity contribution >= 4 is 50.7 Å². The van der Waals surface area contributed by atoms with Crippen molar-refractivity contribution in [3.05, 3.63) is 99.5 Å². The third-order valence-electron chi connectivity index (χ3n) is 6.05. The van der Waals surface area contributed by atoms with Crippen molar-refractivity contribution in [3.8, 4) is 0 Å². The maximum atomic E-state index is 14.0. The number of halogens is 2. The Morgan fingerprint density at radius 3 is 2.24 bits per heavy atom. The molecule has 0 aliphatic rings. The van der Waals surface area contributed by atoms with Crippen LogP contribution in [0.2, 0.25) is 10.0 Å². The molecule has 3 aromatic carbocycles. The van der Waals surface area contributed by atoms with E-state index in [2.05, 4.69) is 5.32 Å². The zero-order valence-electron chi connectivity index (χ0n) is 21.5. The predicted octanol–water partition coefficient (Wildman–Crippen LogP) is 4.84. The van der Waals surface area contributed by atoms with Crippen molar-refractivity contribution in [1.82, 2.24) is 10.2 Å². The quantitative estimate of drug-likeness (QED) is 0.354. The van der Waals surface area contributed by atoms with Gasteiger partial charge in [0.25, 0.3) is 0 Å². The molecule has 0 saturated heterocycles. The normalized spacial score (nSPS) is 12.0. The fraction of sp³-hybridized carbons (Fsp3) is 0.286. The second-order valence-electron chi connectivity index (χ2n) is 8.91. The first-order valence-electron chi connectivity index (χ1n) is 12.1. The topological polar surface area (TPSA) is 86.8 Å². The van der Waals surface area contributed by atoms with E-state index in [1.807, 2.05) is 30.3 Å². The Bertz CT molecular complexity index is 1380. The van der Waals surface area contributed by atoms with Crippen LogP contribution in [0.15, 0.2) is 72.8 Å². The highest BCUT2D eigenvalue weighted by Gasteiger charge is 2.33. The Hall–Kier alpha value is -3.07. The standard InChI is InChI=1S/C28H31Cl2N3O4S/c1-4-31-28(35)26(17-21-10-6-5-7-11-21)32(18-22-12-8-13-23(29)16-22)27(34)19-33(38(3,36)37)25-15-9-14-24(30)20(25)2/h5-16,26H,4,17-19H2,1-3H3,(H,31,35). The molecule has 2 amide bonds. The minimum absolute atomic E-state index is 0.0557. The summed E-state index contributed by atoms with van der Waals surface area (Å²) < 4.78 is 26.8. The van der Waals surface area contributed by atoms with Gasteiger partial charge in [0, 0.05) is 29.6 Å². The van der Waals surface area contributed by atoms with Gasteiger partial charge >= 0.3 is 0 Å². The van der Waals surface area contributed by atoms with E-state index in [1.165, 1.54) is 4.90 Å². The number of hydrogen-bond donors (Lipinski definition) is 1. The lowest BCUT2D eigenvalue weighted by Gasteiger charge is -2.33. The highest BCUT2D eigenvalue weighted by Crippen LogP contribution is 2.28. The molecule has 0 fully saturated rings. The van der Waals surface area contributed by atoms with Crippen LogP contribution in [-0.2, 0) is 32.6 Å². The monoisotopic (exact) mass is 575 g/mol. The maximum absolute atomic E-state index is 14.0. The second-order valence-corrected chi connectivity index (χ2v) is 11.7. The summed E-state index contributed by atoms with van der Waals surface area (Å²) in [5.41, 5.74) is 2.39. The highest BCUT2D eigenvalue weighted by atomic mass is 35.5. The van der Waals surface area contributed by atoms with Crippen LogP contribution in [0.3, 0.4) is 0 Å². The fourth-order valence-electron chi connectivity index (χ4n) is 4.14. The number of rotatable bonds is 11. The molecule has 0 bridgehead atoms. The third-order valence-corrected chi connectivity index (χ3v) is 7.82. The molecule has 0 aromatic heterocycles. The van der Waals surface area contributed by atoms with Gasteiger partial charge in [0.1, 0.15) is 12.6 Å². The van der Waals surface area contributed by atoms with Crippen LogP contribution in [0.1, 0.15) is 23.6 Å². The first-order valence-corrected chi connectivity index (χ1v) is 14.7. The molecule has 1 N–H and O–H groups in total. The summed E-state index contributed by atoms with van der Waals surface area (Å²) in [7, 11) is -3.87. The molecule has 1 atom stereocenters. The minimum Gasteiger partial charge on any atom is -0.355 e. The minimum atomic E-state index is -3.87. The molecule has 0 spiro atoms. The van der Waals surface area contributed by atoms with Crippen molar-refractivity contribution in [2.24, 2.45) is 0 Å². The van der Waals surface area contributed by atoms with E-state index in [9.17, 15) is 18.0 Å². The fourth-order valence-corrected chi connectivity index (χ4v) is 5.42. The van der Waals surface area contributed by atoms with E-state index in [0.717, 1.165) is 16.1 Å². The predicted molar refractivity (Wildman–Crippen MR) is 153 cm³/mol. The molecule has 202 valence electrons. The Balaban J connectivity index is 2.07. The molecular formula is C28H31Cl2N3O4S. The van der Waals surface area contributed by atoms with E-state index in [1.54, 1.807) is 56.3 Å². The molecule has 38 heavy (non-hydrogen) atoms. The van der Waals surface area contributed by atoms with Crippen LogP contribution in [0.5, 0.6) is 0 Å². The Labute approximate surface area is 234 Å². The van der Waals surface area contributed by atoms with Crippen molar-refractivity contribution in [1.29, 1.82) is 0 Å². The van der Waals surface area contributed by atoms with Gasteiger partial charge in [-0.1, -0.05) is 71.7 Å². The first-order chi connectivity index (χ1) is 18.0. The van der Waals surface area contributed by atoms with Gasteiger partial charge in [-0.2, -0.15) is 0 Å². The molecule has 7 nitrogen and oxygen atoms in total. The number of sulfonamides is 1. The molecule has 0 heterocycles. The Kier molecular flexibility index (Phi) is 10.2. The van der Waals surface area contributed by atoms with E-state index >= 15 is 0 Å². The molecule has 1 unspecified atom stereocenters. The Morgan fingerprint density at radius 2 is 1.61 bits per heavy atom. The van der Waals surface area contributed by atoms with Gasteiger partial charge in [-0.25, -0.2) is 8.42 Å². The molecule has 3 rings (SSSR count). The van der Waals surface area contributed by atoms with E-state index in [0.29, 0.717) is 33.4 Å². The average Bonchev–Trinajstić information content (AvgIpc) is 2.86. The molecule has 0 aliphatic carbocycles. The number of likely N-dealkylation sites (N-methyl/N-ethyl adjacent to an activating group) is 1. The van der Waals surface area contributed by atoms with Gasteiger partial charge in [0.05, 0.1) is 11.9 Å². The highest BCUT2D eigenvalue weighted by molar-refractivity contribution is 7.92. The molecule has 0 aliphatic heterocycles. The second kappa shape index (κ2) is 13.1. The van der Waals surface area contributed by atoms with E-state index in [-0.39, 0.29) is 18.9 Å². The maximum Gasteiger partial charge on any atom is 0.244 e. The zero-order chi connectivity index (χ0) is 27.9. The number of carbonyl (C=O) groups is 2. The van der Waals surface area contributed by atoms with Crippen LogP contribution in [0.4, 0.5) is 5.69 Å². The average molecular weight is 577 g/mol. The molecule has 0 radical (unpaired) electrons. The number of carbonyl (C=O) groups excluding carboxylic acids is 2. The van der Waals surface area contributed by atoms with Crippen molar-refractivity contribution in [3.63, 3.8) is 0 Å². The lowest BCUT2D eigenvalue weighted by atomic mass is 10.0. The summed E-state index contributed by atoms with van der Waals surface area (Å²) in [6.45, 7) is 3.41. The number of anilines is 1. The largest absolute Gasteiger partial charge is 0.355 e. The van der Waals surface area contributed by atoms with Gasteiger partial charge in [-0.3, -0.25) is 13.9 Å². The summed E-state index contributed by atoms with van der Waals surface area (Å²) >= 11 is 12.5. The summed E-state index contributed by atoms with van der Waals surface area (Å²) in [6, 6.07) is 20.3. The summed E-state index contributed by atoms with van der Waals surface area (Å²) in [6.07, 6.45) is 1.28. The number of benzene rings is 3. The van der Waals surface area contributed by atoms with Gasteiger partial charge in [0.15, 0.2) is 0 Å². The van der Waals surface area contributed by atoms with Gasteiger partial charge in [-0.15, -0.1) is 0 Å². The number of hydrogen-bond acceptors (Lipinski definition) is 4. The van der Waals surface area contributed by atoms with Crippen molar-refractivity contribution in [2.75, 3.05) is 23.7 Å². The number of nitrogens with zero attached hydrogens (tertiary/aromatic N) is 2. The van der Waals surface area contributed by atoms with Crippen LogP contribution < -0.4 is 9.62 Å². The summed E-state index contributed by atoms with van der Waals surface area (Å²) in [5, 5.41) is 3.69. The molecular weight excluding hydrogens is 545 g/mol.